The summed E-state index contributed by atoms with van der Waals surface area (Å²) in [5.41, 5.74) is 2.58. The topological polar surface area (TPSA) is 80.1 Å². The predicted octanol–water partition coefficient (Wildman–Crippen LogP) is 3.10. The van der Waals surface area contributed by atoms with Crippen LogP contribution in [0.4, 0.5) is 4.79 Å². The van der Waals surface area contributed by atoms with Gasteiger partial charge < -0.3 is 19.4 Å². The van der Waals surface area contributed by atoms with Gasteiger partial charge in [0.2, 0.25) is 0 Å². The Balaban J connectivity index is 1.38. The van der Waals surface area contributed by atoms with E-state index in [2.05, 4.69) is 59.5 Å². The van der Waals surface area contributed by atoms with Crippen LogP contribution in [0.25, 0.3) is 0 Å². The Morgan fingerprint density at radius 3 is 1.89 bits per heavy atom. The molecule has 0 aliphatic carbocycles. The van der Waals surface area contributed by atoms with Gasteiger partial charge in [0, 0.05) is 58.6 Å². The molecule has 0 aromatic heterocycles. The maximum Gasteiger partial charge on any atom is 0.409 e. The van der Waals surface area contributed by atoms with E-state index in [9.17, 15) is 14.9 Å². The second-order valence-corrected chi connectivity index (χ2v) is 8.93. The first-order valence-corrected chi connectivity index (χ1v) is 12.5. The molecule has 8 nitrogen and oxygen atoms in total. The predicted molar refractivity (Wildman–Crippen MR) is 137 cm³/mol. The quantitative estimate of drug-likeness (QED) is 0.460. The number of piperazine rings is 2. The first-order valence-electron chi connectivity index (χ1n) is 12.5. The number of amides is 2. The molecule has 2 fully saturated rings. The summed E-state index contributed by atoms with van der Waals surface area (Å²) < 4.78 is 5.05. The van der Waals surface area contributed by atoms with E-state index in [1.54, 1.807) is 22.9 Å². The molecular weight excluding hydrogens is 454 g/mol. The van der Waals surface area contributed by atoms with Crippen molar-refractivity contribution in [2.75, 3.05) is 59.0 Å². The third kappa shape index (κ3) is 6.04. The number of hydrogen-bond donors (Lipinski definition) is 0. The molecule has 8 heteroatoms. The van der Waals surface area contributed by atoms with E-state index in [0.29, 0.717) is 45.9 Å². The summed E-state index contributed by atoms with van der Waals surface area (Å²) in [5.74, 6) is -0.235. The maximum atomic E-state index is 13.2. The van der Waals surface area contributed by atoms with Gasteiger partial charge in [0.15, 0.2) is 0 Å². The molecule has 2 aliphatic rings. The van der Waals surface area contributed by atoms with E-state index in [1.165, 1.54) is 11.1 Å². The summed E-state index contributed by atoms with van der Waals surface area (Å²) in [6.07, 6.45) is 1.33. The molecule has 0 spiro atoms. The van der Waals surface area contributed by atoms with Crippen molar-refractivity contribution in [3.05, 3.63) is 83.6 Å². The smallest absolute Gasteiger partial charge is 0.409 e. The van der Waals surface area contributed by atoms with E-state index >= 15 is 0 Å². The first kappa shape index (κ1) is 25.3. The van der Waals surface area contributed by atoms with Crippen LogP contribution < -0.4 is 0 Å². The molecule has 0 radical (unpaired) electrons. The maximum absolute atomic E-state index is 13.2. The van der Waals surface area contributed by atoms with Crippen molar-refractivity contribution < 1.29 is 14.3 Å². The Kier molecular flexibility index (Phi) is 8.58. The molecule has 0 saturated carbocycles. The minimum atomic E-state index is -0.320. The fourth-order valence-electron chi connectivity index (χ4n) is 4.80. The number of nitrogens with zero attached hydrogens (tertiary/aromatic N) is 5. The van der Waals surface area contributed by atoms with Gasteiger partial charge in [-0.2, -0.15) is 5.26 Å². The average Bonchev–Trinajstić information content (AvgIpc) is 2.93. The summed E-state index contributed by atoms with van der Waals surface area (Å²) in [6, 6.07) is 23.1. The molecule has 0 bridgehead atoms. The van der Waals surface area contributed by atoms with Crippen molar-refractivity contribution in [2.45, 2.75) is 13.0 Å². The van der Waals surface area contributed by atoms with Gasteiger partial charge in [-0.15, -0.1) is 0 Å². The van der Waals surface area contributed by atoms with Gasteiger partial charge in [-0.1, -0.05) is 60.7 Å². The van der Waals surface area contributed by atoms with E-state index in [4.69, 9.17) is 4.74 Å². The Hall–Kier alpha value is -3.83. The van der Waals surface area contributed by atoms with Crippen LogP contribution in [0.5, 0.6) is 0 Å². The first-order chi connectivity index (χ1) is 17.6. The molecule has 2 aromatic rings. The lowest BCUT2D eigenvalue weighted by atomic mass is 9.96. The largest absolute Gasteiger partial charge is 0.450 e. The minimum absolute atomic E-state index is 0.117. The summed E-state index contributed by atoms with van der Waals surface area (Å²) in [4.78, 5) is 32.8. The molecule has 2 saturated heterocycles. The van der Waals surface area contributed by atoms with Crippen molar-refractivity contribution in [2.24, 2.45) is 0 Å². The summed E-state index contributed by atoms with van der Waals surface area (Å²) in [7, 11) is 0. The van der Waals surface area contributed by atoms with E-state index < -0.39 is 0 Å². The summed E-state index contributed by atoms with van der Waals surface area (Å²) >= 11 is 0. The van der Waals surface area contributed by atoms with Crippen LogP contribution in [0.15, 0.2) is 72.4 Å². The zero-order valence-corrected chi connectivity index (χ0v) is 20.8. The van der Waals surface area contributed by atoms with Gasteiger partial charge >= 0.3 is 6.09 Å². The van der Waals surface area contributed by atoms with Crippen LogP contribution in [0.1, 0.15) is 24.1 Å². The van der Waals surface area contributed by atoms with Gasteiger partial charge in [0.1, 0.15) is 11.6 Å². The van der Waals surface area contributed by atoms with Crippen LogP contribution >= 0.6 is 0 Å². The van der Waals surface area contributed by atoms with Gasteiger partial charge in [0.05, 0.1) is 12.6 Å². The monoisotopic (exact) mass is 487 g/mol. The lowest BCUT2D eigenvalue weighted by Crippen LogP contribution is -2.50. The van der Waals surface area contributed by atoms with Gasteiger partial charge in [-0.05, 0) is 18.1 Å². The highest BCUT2D eigenvalue weighted by Gasteiger charge is 2.30. The molecule has 2 aromatic carbocycles. The van der Waals surface area contributed by atoms with Gasteiger partial charge in [-0.3, -0.25) is 9.69 Å². The van der Waals surface area contributed by atoms with E-state index in [1.807, 2.05) is 17.0 Å². The fourth-order valence-corrected chi connectivity index (χ4v) is 4.80. The number of benzene rings is 2. The number of carbonyl (C=O) groups is 2. The van der Waals surface area contributed by atoms with Gasteiger partial charge in [-0.25, -0.2) is 4.79 Å². The number of nitriles is 1. The minimum Gasteiger partial charge on any atom is -0.450 e. The zero-order valence-electron chi connectivity index (χ0n) is 20.8. The van der Waals surface area contributed by atoms with Gasteiger partial charge in [0.25, 0.3) is 5.91 Å². The van der Waals surface area contributed by atoms with Crippen molar-refractivity contribution >= 4 is 12.0 Å². The van der Waals surface area contributed by atoms with Crippen LogP contribution in [0.2, 0.25) is 0 Å². The third-order valence-corrected chi connectivity index (χ3v) is 6.70. The second-order valence-electron chi connectivity index (χ2n) is 8.93. The normalized spacial score (nSPS) is 17.1. The molecular formula is C28H33N5O3. The fraction of sp³-hybridized carbons (Fsp3) is 0.393. The number of carbonyl (C=O) groups excluding carboxylic acids is 2. The summed E-state index contributed by atoms with van der Waals surface area (Å²) in [6.45, 7) is 6.80. The van der Waals surface area contributed by atoms with E-state index in [0.717, 1.165) is 13.1 Å². The Morgan fingerprint density at radius 2 is 1.39 bits per heavy atom. The van der Waals surface area contributed by atoms with E-state index in [-0.39, 0.29) is 23.6 Å². The molecule has 188 valence electrons. The SMILES string of the molecule is CCOC(=O)N1CCN(/C=C(/C#N)C(=O)N2CCN(C(c3ccccc3)c3ccccc3)CC2)CC1. The molecule has 0 atom stereocenters. The lowest BCUT2D eigenvalue weighted by Gasteiger charge is -2.40. The van der Waals surface area contributed by atoms with Crippen LogP contribution in [0, 0.1) is 11.3 Å². The highest BCUT2D eigenvalue weighted by atomic mass is 16.6. The molecule has 36 heavy (non-hydrogen) atoms. The Bertz CT molecular complexity index is 1040. The molecule has 2 heterocycles. The molecule has 4 rings (SSSR count). The van der Waals surface area contributed by atoms with Crippen molar-refractivity contribution in [3.8, 4) is 6.07 Å². The zero-order chi connectivity index (χ0) is 25.3. The molecule has 0 N–H and O–H groups in total. The van der Waals surface area contributed by atoms with Crippen LogP contribution in [-0.4, -0.2) is 90.6 Å². The van der Waals surface area contributed by atoms with Crippen molar-refractivity contribution in [1.29, 1.82) is 5.26 Å². The number of rotatable bonds is 6. The van der Waals surface area contributed by atoms with Crippen molar-refractivity contribution in [1.82, 2.24) is 19.6 Å². The lowest BCUT2D eigenvalue weighted by molar-refractivity contribution is -0.128. The standard InChI is InChI=1S/C28H33N5O3/c1-2-36-28(35)33-15-13-30(14-16-33)22-25(21-29)27(34)32-19-17-31(18-20-32)26(23-9-5-3-6-10-23)24-11-7-4-8-12-24/h3-12,22,26H,2,13-20H2,1H3/b25-22-. The number of ether oxygens (including phenoxy) is 1. The second kappa shape index (κ2) is 12.2. The van der Waals surface area contributed by atoms with Crippen LogP contribution in [-0.2, 0) is 9.53 Å². The molecule has 2 aliphatic heterocycles. The third-order valence-electron chi connectivity index (χ3n) is 6.70. The Morgan fingerprint density at radius 1 is 0.861 bits per heavy atom. The molecule has 0 unspecified atom stereocenters. The molecule has 2 amide bonds. The van der Waals surface area contributed by atoms with Crippen molar-refractivity contribution in [3.63, 3.8) is 0 Å². The van der Waals surface area contributed by atoms with Crippen LogP contribution in [0.3, 0.4) is 0 Å². The highest BCUT2D eigenvalue weighted by molar-refractivity contribution is 5.97. The highest BCUT2D eigenvalue weighted by Crippen LogP contribution is 2.29. The average molecular weight is 488 g/mol. The summed E-state index contributed by atoms with van der Waals surface area (Å²) in [5, 5.41) is 9.72. The number of hydrogen-bond acceptors (Lipinski definition) is 6. The Labute approximate surface area is 212 Å².